The minimum absolute atomic E-state index is 0.0355. The van der Waals surface area contributed by atoms with Crippen molar-refractivity contribution in [3.05, 3.63) is 65.9 Å². The maximum atomic E-state index is 12.9. The van der Waals surface area contributed by atoms with Crippen molar-refractivity contribution in [2.75, 3.05) is 11.9 Å². The monoisotopic (exact) mass is 391 g/mol. The summed E-state index contributed by atoms with van der Waals surface area (Å²) in [4.78, 5) is 37.1. The molecule has 9 heteroatoms. The molecule has 148 valence electrons. The number of benzene rings is 1. The molecule has 1 N–H and O–H groups in total. The lowest BCUT2D eigenvalue weighted by atomic mass is 9.99. The van der Waals surface area contributed by atoms with Crippen molar-refractivity contribution >= 4 is 17.6 Å². The van der Waals surface area contributed by atoms with E-state index >= 15 is 0 Å². The Kier molecular flexibility index (Phi) is 5.03. The molecule has 2 amide bonds. The van der Waals surface area contributed by atoms with Gasteiger partial charge in [0.1, 0.15) is 6.04 Å². The molecule has 29 heavy (non-hydrogen) atoms. The fourth-order valence-corrected chi connectivity index (χ4v) is 3.43. The van der Waals surface area contributed by atoms with Crippen LogP contribution in [-0.4, -0.2) is 49.9 Å². The number of rotatable bonds is 4. The van der Waals surface area contributed by atoms with Crippen LogP contribution in [-0.2, 0) is 11.3 Å². The van der Waals surface area contributed by atoms with E-state index in [-0.39, 0.29) is 17.5 Å². The van der Waals surface area contributed by atoms with Gasteiger partial charge in [0.05, 0.1) is 18.4 Å². The first-order chi connectivity index (χ1) is 14.0. The molecular weight excluding hydrogens is 370 g/mol. The van der Waals surface area contributed by atoms with Crippen LogP contribution in [0.1, 0.15) is 41.0 Å². The Bertz CT molecular complexity index is 1030. The smallest absolute Gasteiger partial charge is 0.274 e. The van der Waals surface area contributed by atoms with E-state index in [2.05, 4.69) is 25.5 Å². The third kappa shape index (κ3) is 3.84. The number of likely N-dealkylation sites (N-methyl/N-ethyl adjacent to an activating group) is 1. The number of nitrogens with zero attached hydrogens (tertiary/aromatic N) is 6. The molecule has 2 atom stereocenters. The highest BCUT2D eigenvalue weighted by Crippen LogP contribution is 2.30. The summed E-state index contributed by atoms with van der Waals surface area (Å²) < 4.78 is 0. The van der Waals surface area contributed by atoms with Gasteiger partial charge in [-0.3, -0.25) is 19.5 Å². The van der Waals surface area contributed by atoms with Crippen molar-refractivity contribution in [3.8, 4) is 0 Å². The highest BCUT2D eigenvalue weighted by molar-refractivity contribution is 6.01. The molecule has 1 aliphatic heterocycles. The molecule has 0 bridgehead atoms. The first kappa shape index (κ1) is 18.7. The summed E-state index contributed by atoms with van der Waals surface area (Å²) >= 11 is 0. The van der Waals surface area contributed by atoms with Gasteiger partial charge in [0, 0.05) is 25.4 Å². The van der Waals surface area contributed by atoms with Crippen LogP contribution in [0.5, 0.6) is 0 Å². The quantitative estimate of drug-likeness (QED) is 0.720. The third-order valence-electron chi connectivity index (χ3n) is 4.95. The average molecular weight is 391 g/mol. The number of nitrogens with one attached hydrogen (secondary N) is 1. The maximum absolute atomic E-state index is 12.9. The SMILES string of the molecule is C[C@H]1C[C@H](NC(=O)c2cnn(Cc3ccccc3)n2)C(=O)N(C)c2nccnc21. The molecule has 1 aliphatic rings. The topological polar surface area (TPSA) is 106 Å². The molecule has 0 saturated carbocycles. The zero-order chi connectivity index (χ0) is 20.4. The first-order valence-corrected chi connectivity index (χ1v) is 9.36. The van der Waals surface area contributed by atoms with Crippen LogP contribution in [0.25, 0.3) is 0 Å². The Hall–Kier alpha value is -3.62. The second-order valence-electron chi connectivity index (χ2n) is 7.07. The Morgan fingerprint density at radius 2 is 1.97 bits per heavy atom. The largest absolute Gasteiger partial charge is 0.339 e. The number of carbonyl (C=O) groups is 2. The third-order valence-corrected chi connectivity index (χ3v) is 4.95. The number of amides is 2. The molecule has 3 aromatic rings. The molecule has 0 radical (unpaired) electrons. The van der Waals surface area contributed by atoms with Gasteiger partial charge in [0.15, 0.2) is 11.5 Å². The van der Waals surface area contributed by atoms with Crippen LogP contribution in [0.15, 0.2) is 48.9 Å². The second kappa shape index (κ2) is 7.78. The van der Waals surface area contributed by atoms with E-state index in [0.29, 0.717) is 18.8 Å². The van der Waals surface area contributed by atoms with Crippen LogP contribution in [0.2, 0.25) is 0 Å². The van der Waals surface area contributed by atoms with Crippen LogP contribution in [0.4, 0.5) is 5.82 Å². The van der Waals surface area contributed by atoms with E-state index < -0.39 is 11.9 Å². The van der Waals surface area contributed by atoms with Gasteiger partial charge in [-0.15, -0.1) is 5.10 Å². The lowest BCUT2D eigenvalue weighted by Gasteiger charge is -2.20. The first-order valence-electron chi connectivity index (χ1n) is 9.36. The van der Waals surface area contributed by atoms with Gasteiger partial charge in [-0.2, -0.15) is 9.90 Å². The van der Waals surface area contributed by atoms with Gasteiger partial charge in [0.2, 0.25) is 0 Å². The Labute approximate surface area is 167 Å². The molecule has 9 nitrogen and oxygen atoms in total. The van der Waals surface area contributed by atoms with E-state index in [0.717, 1.165) is 11.3 Å². The molecule has 0 aliphatic carbocycles. The summed E-state index contributed by atoms with van der Waals surface area (Å²) in [5.41, 5.74) is 1.94. The van der Waals surface area contributed by atoms with Crippen LogP contribution in [0, 0.1) is 0 Å². The number of aromatic nitrogens is 5. The average Bonchev–Trinajstić information content (AvgIpc) is 3.18. The predicted molar refractivity (Wildman–Crippen MR) is 105 cm³/mol. The van der Waals surface area contributed by atoms with E-state index in [1.54, 1.807) is 19.4 Å². The maximum Gasteiger partial charge on any atom is 0.274 e. The number of hydrogen-bond acceptors (Lipinski definition) is 6. The fourth-order valence-electron chi connectivity index (χ4n) is 3.43. The van der Waals surface area contributed by atoms with Crippen molar-refractivity contribution in [1.82, 2.24) is 30.3 Å². The van der Waals surface area contributed by atoms with Crippen molar-refractivity contribution in [2.45, 2.75) is 31.8 Å². The van der Waals surface area contributed by atoms with Crippen molar-refractivity contribution in [2.24, 2.45) is 0 Å². The summed E-state index contributed by atoms with van der Waals surface area (Å²) in [5, 5.41) is 11.2. The van der Waals surface area contributed by atoms with Crippen molar-refractivity contribution < 1.29 is 9.59 Å². The summed E-state index contributed by atoms with van der Waals surface area (Å²) in [6.07, 6.45) is 5.00. The molecule has 0 unspecified atom stereocenters. The number of fused-ring (bicyclic) bond motifs is 1. The highest BCUT2D eigenvalue weighted by Gasteiger charge is 2.34. The number of hydrogen-bond donors (Lipinski definition) is 1. The molecule has 0 fully saturated rings. The van der Waals surface area contributed by atoms with Crippen LogP contribution >= 0.6 is 0 Å². The van der Waals surface area contributed by atoms with Gasteiger partial charge < -0.3 is 5.32 Å². The molecule has 0 saturated heterocycles. The molecule has 1 aromatic carbocycles. The van der Waals surface area contributed by atoms with E-state index in [1.807, 2.05) is 37.3 Å². The fraction of sp³-hybridized carbons (Fsp3) is 0.300. The summed E-state index contributed by atoms with van der Waals surface area (Å²) in [5.74, 6) is -0.182. The number of carbonyl (C=O) groups excluding carboxylic acids is 2. The lowest BCUT2D eigenvalue weighted by molar-refractivity contribution is -0.120. The Morgan fingerprint density at radius 3 is 2.76 bits per heavy atom. The van der Waals surface area contributed by atoms with E-state index in [1.165, 1.54) is 15.9 Å². The zero-order valence-electron chi connectivity index (χ0n) is 16.2. The van der Waals surface area contributed by atoms with Crippen molar-refractivity contribution in [3.63, 3.8) is 0 Å². The van der Waals surface area contributed by atoms with Gasteiger partial charge in [0.25, 0.3) is 11.8 Å². The minimum Gasteiger partial charge on any atom is -0.339 e. The molecule has 3 heterocycles. The standard InChI is InChI=1S/C20H21N7O2/c1-13-10-15(20(29)26(2)18-17(13)21-8-9-22-18)24-19(28)16-11-23-27(25-16)12-14-6-4-3-5-7-14/h3-9,11,13,15H,10,12H2,1-2H3,(H,24,28)/t13-,15-/m0/s1. The summed E-state index contributed by atoms with van der Waals surface area (Å²) in [7, 11) is 1.64. The zero-order valence-corrected chi connectivity index (χ0v) is 16.2. The van der Waals surface area contributed by atoms with Gasteiger partial charge in [-0.05, 0) is 12.0 Å². The second-order valence-corrected chi connectivity index (χ2v) is 7.07. The lowest BCUT2D eigenvalue weighted by Crippen LogP contribution is -2.47. The Balaban J connectivity index is 1.48. The normalized spacial score (nSPS) is 18.8. The predicted octanol–water partition coefficient (Wildman–Crippen LogP) is 1.38. The van der Waals surface area contributed by atoms with E-state index in [9.17, 15) is 9.59 Å². The van der Waals surface area contributed by atoms with Crippen LogP contribution in [0.3, 0.4) is 0 Å². The summed E-state index contributed by atoms with van der Waals surface area (Å²) in [6, 6.07) is 9.03. The highest BCUT2D eigenvalue weighted by atomic mass is 16.2. The van der Waals surface area contributed by atoms with Crippen molar-refractivity contribution in [1.29, 1.82) is 0 Å². The number of anilines is 1. The Morgan fingerprint density at radius 1 is 1.21 bits per heavy atom. The molecule has 4 rings (SSSR count). The van der Waals surface area contributed by atoms with Gasteiger partial charge in [-0.1, -0.05) is 37.3 Å². The van der Waals surface area contributed by atoms with Gasteiger partial charge >= 0.3 is 0 Å². The molecular formula is C20H21N7O2. The van der Waals surface area contributed by atoms with Gasteiger partial charge in [-0.25, -0.2) is 4.98 Å². The minimum atomic E-state index is -0.697. The van der Waals surface area contributed by atoms with E-state index in [4.69, 9.17) is 0 Å². The summed E-state index contributed by atoms with van der Waals surface area (Å²) in [6.45, 7) is 2.43. The van der Waals surface area contributed by atoms with Crippen LogP contribution < -0.4 is 10.2 Å². The molecule has 2 aromatic heterocycles. The molecule has 0 spiro atoms.